The molecule has 4 bridgehead atoms. The van der Waals surface area contributed by atoms with Gasteiger partial charge in [-0.15, -0.1) is 0 Å². The Kier molecular flexibility index (Phi) is 4.12. The number of nitrogens with one attached hydrogen (secondary N) is 1. The van der Waals surface area contributed by atoms with Crippen molar-refractivity contribution < 1.29 is 14.7 Å². The molecule has 4 heteroatoms. The summed E-state index contributed by atoms with van der Waals surface area (Å²) >= 11 is 0. The maximum Gasteiger partial charge on any atom is 0.303 e. The highest BCUT2D eigenvalue weighted by atomic mass is 16.4. The second kappa shape index (κ2) is 6.03. The molecule has 0 aromatic carbocycles. The molecule has 5 rings (SSSR count). The lowest BCUT2D eigenvalue weighted by Gasteiger charge is -2.57. The van der Waals surface area contributed by atoms with Gasteiger partial charge in [0.05, 0.1) is 6.42 Å². The van der Waals surface area contributed by atoms with Gasteiger partial charge in [-0.25, -0.2) is 0 Å². The van der Waals surface area contributed by atoms with E-state index in [1.54, 1.807) is 0 Å². The molecule has 2 N–H and O–H groups in total. The molecule has 0 spiro atoms. The molecule has 5 saturated carbocycles. The fourth-order valence-electron chi connectivity index (χ4n) is 6.98. The van der Waals surface area contributed by atoms with E-state index in [0.29, 0.717) is 6.42 Å². The smallest absolute Gasteiger partial charge is 0.303 e. The quantitative estimate of drug-likeness (QED) is 0.802. The van der Waals surface area contributed by atoms with Crippen LogP contribution in [0.25, 0.3) is 0 Å². The van der Waals surface area contributed by atoms with E-state index < -0.39 is 5.97 Å². The van der Waals surface area contributed by atoms with E-state index in [4.69, 9.17) is 0 Å². The minimum Gasteiger partial charge on any atom is -0.481 e. The van der Waals surface area contributed by atoms with Gasteiger partial charge in [-0.2, -0.15) is 0 Å². The van der Waals surface area contributed by atoms with E-state index in [1.807, 2.05) is 0 Å². The molecule has 0 unspecified atom stereocenters. The molecular weight excluding hydrogens is 302 g/mol. The summed E-state index contributed by atoms with van der Waals surface area (Å²) in [7, 11) is 0. The number of hydrogen-bond acceptors (Lipinski definition) is 2. The third kappa shape index (κ3) is 3.21. The second-order valence-electron chi connectivity index (χ2n) is 9.55. The van der Waals surface area contributed by atoms with Crippen molar-refractivity contribution in [3.8, 4) is 0 Å². The number of carboxylic acid groups (broad SMARTS) is 1. The number of carbonyl (C=O) groups is 2. The van der Waals surface area contributed by atoms with Crippen molar-refractivity contribution in [2.24, 2.45) is 23.2 Å². The largest absolute Gasteiger partial charge is 0.481 e. The first-order chi connectivity index (χ1) is 11.5. The van der Waals surface area contributed by atoms with E-state index in [2.05, 4.69) is 5.32 Å². The third-order valence-corrected chi connectivity index (χ3v) is 7.42. The molecule has 0 radical (unpaired) electrons. The molecule has 0 saturated heterocycles. The number of rotatable bonds is 5. The standard InChI is InChI=1S/C20H31NO3/c22-17(12-19(13-18(23)24)4-2-1-3-5-19)21-20-9-14-6-15(10-20)8-16(7-14)11-20/h14-16H,1-13H2,(H,21,22)(H,23,24). The molecule has 0 aromatic rings. The number of hydrogen-bond donors (Lipinski definition) is 2. The molecule has 24 heavy (non-hydrogen) atoms. The summed E-state index contributed by atoms with van der Waals surface area (Å²) in [5.41, 5.74) is -0.249. The van der Waals surface area contributed by atoms with Crippen LogP contribution in [0.15, 0.2) is 0 Å². The number of carbonyl (C=O) groups excluding carboxylic acids is 1. The summed E-state index contributed by atoms with van der Waals surface area (Å²) in [6, 6.07) is 0. The first-order valence-corrected chi connectivity index (χ1v) is 9.99. The van der Waals surface area contributed by atoms with Crippen LogP contribution in [0, 0.1) is 23.2 Å². The van der Waals surface area contributed by atoms with Crippen LogP contribution >= 0.6 is 0 Å². The Morgan fingerprint density at radius 3 is 1.92 bits per heavy atom. The van der Waals surface area contributed by atoms with Crippen LogP contribution < -0.4 is 5.32 Å². The predicted octanol–water partition coefficient (Wildman–Crippen LogP) is 3.89. The zero-order chi connectivity index (χ0) is 16.8. The summed E-state index contributed by atoms with van der Waals surface area (Å²) in [4.78, 5) is 24.2. The van der Waals surface area contributed by atoms with Crippen LogP contribution in [-0.4, -0.2) is 22.5 Å². The van der Waals surface area contributed by atoms with Gasteiger partial charge < -0.3 is 10.4 Å². The zero-order valence-electron chi connectivity index (χ0n) is 14.7. The van der Waals surface area contributed by atoms with Gasteiger partial charge in [0.2, 0.25) is 5.91 Å². The average molecular weight is 333 g/mol. The summed E-state index contributed by atoms with van der Waals surface area (Å²) in [6.45, 7) is 0. The van der Waals surface area contributed by atoms with Gasteiger partial charge in [-0.05, 0) is 74.5 Å². The van der Waals surface area contributed by atoms with Crippen molar-refractivity contribution >= 4 is 11.9 Å². The minimum absolute atomic E-state index is 0.0465. The SMILES string of the molecule is O=C(O)CC1(CC(=O)NC23CC4CC(CC(C4)C2)C3)CCCCC1. The molecule has 134 valence electrons. The van der Waals surface area contributed by atoms with Crippen molar-refractivity contribution in [2.75, 3.05) is 0 Å². The Bertz CT molecular complexity index is 486. The third-order valence-electron chi connectivity index (χ3n) is 7.42. The molecule has 5 aliphatic carbocycles. The lowest BCUT2D eigenvalue weighted by Crippen LogP contribution is -2.60. The fourth-order valence-corrected chi connectivity index (χ4v) is 6.98. The molecule has 5 fully saturated rings. The normalized spacial score (nSPS) is 39.6. The highest BCUT2D eigenvalue weighted by Crippen LogP contribution is 2.55. The van der Waals surface area contributed by atoms with Gasteiger partial charge in [-0.3, -0.25) is 9.59 Å². The van der Waals surface area contributed by atoms with Crippen LogP contribution in [0.2, 0.25) is 0 Å². The van der Waals surface area contributed by atoms with E-state index in [-0.39, 0.29) is 23.3 Å². The van der Waals surface area contributed by atoms with Crippen molar-refractivity contribution in [1.29, 1.82) is 0 Å². The first kappa shape index (κ1) is 16.4. The summed E-state index contributed by atoms with van der Waals surface area (Å²) in [5, 5.41) is 12.8. The molecule has 0 aliphatic heterocycles. The van der Waals surface area contributed by atoms with Crippen molar-refractivity contribution in [3.63, 3.8) is 0 Å². The van der Waals surface area contributed by atoms with Gasteiger partial charge in [0, 0.05) is 12.0 Å². The molecule has 0 heterocycles. The van der Waals surface area contributed by atoms with Crippen molar-refractivity contribution in [2.45, 2.75) is 89.0 Å². The predicted molar refractivity (Wildman–Crippen MR) is 91.4 cm³/mol. The molecule has 0 atom stereocenters. The molecule has 4 nitrogen and oxygen atoms in total. The fraction of sp³-hybridized carbons (Fsp3) is 0.900. The van der Waals surface area contributed by atoms with Gasteiger partial charge in [-0.1, -0.05) is 19.3 Å². The maximum atomic E-state index is 12.9. The van der Waals surface area contributed by atoms with Gasteiger partial charge in [0.25, 0.3) is 0 Å². The first-order valence-electron chi connectivity index (χ1n) is 9.99. The Hall–Kier alpha value is -1.06. The van der Waals surface area contributed by atoms with E-state index in [1.165, 1.54) is 25.7 Å². The second-order valence-corrected chi connectivity index (χ2v) is 9.55. The maximum absolute atomic E-state index is 12.9. The summed E-state index contributed by atoms with van der Waals surface area (Å²) in [5.74, 6) is 1.83. The van der Waals surface area contributed by atoms with E-state index >= 15 is 0 Å². The van der Waals surface area contributed by atoms with E-state index in [9.17, 15) is 14.7 Å². The minimum atomic E-state index is -0.750. The Morgan fingerprint density at radius 1 is 0.875 bits per heavy atom. The number of amides is 1. The Labute approximate surface area is 144 Å². The topological polar surface area (TPSA) is 66.4 Å². The highest BCUT2D eigenvalue weighted by molar-refractivity contribution is 5.79. The highest BCUT2D eigenvalue weighted by Gasteiger charge is 2.51. The molecule has 1 amide bonds. The molecule has 0 aromatic heterocycles. The number of carboxylic acids is 1. The average Bonchev–Trinajstić information content (AvgIpc) is 2.44. The molecule has 5 aliphatic rings. The van der Waals surface area contributed by atoms with Gasteiger partial charge in [0.15, 0.2) is 0 Å². The monoisotopic (exact) mass is 333 g/mol. The van der Waals surface area contributed by atoms with Crippen LogP contribution in [0.3, 0.4) is 0 Å². The van der Waals surface area contributed by atoms with Crippen molar-refractivity contribution in [3.05, 3.63) is 0 Å². The van der Waals surface area contributed by atoms with Crippen molar-refractivity contribution in [1.82, 2.24) is 5.32 Å². The van der Waals surface area contributed by atoms with Crippen LogP contribution in [0.5, 0.6) is 0 Å². The van der Waals surface area contributed by atoms with Crippen LogP contribution in [-0.2, 0) is 9.59 Å². The van der Waals surface area contributed by atoms with E-state index in [0.717, 1.165) is 62.7 Å². The number of aliphatic carboxylic acids is 1. The summed E-state index contributed by atoms with van der Waals surface area (Å²) in [6.07, 6.45) is 13.3. The Morgan fingerprint density at radius 2 is 1.42 bits per heavy atom. The summed E-state index contributed by atoms with van der Waals surface area (Å²) < 4.78 is 0. The molecular formula is C20H31NO3. The Balaban J connectivity index is 1.43. The van der Waals surface area contributed by atoms with Crippen LogP contribution in [0.1, 0.15) is 83.5 Å². The van der Waals surface area contributed by atoms with Gasteiger partial charge >= 0.3 is 5.97 Å². The lowest BCUT2D eigenvalue weighted by atomic mass is 9.53. The lowest BCUT2D eigenvalue weighted by molar-refractivity contribution is -0.141. The van der Waals surface area contributed by atoms with Crippen LogP contribution in [0.4, 0.5) is 0 Å². The zero-order valence-corrected chi connectivity index (χ0v) is 14.7. The van der Waals surface area contributed by atoms with Gasteiger partial charge in [0.1, 0.15) is 0 Å².